The van der Waals surface area contributed by atoms with Crippen LogP contribution in [0.2, 0.25) is 0 Å². The lowest BCUT2D eigenvalue weighted by molar-refractivity contribution is -0.132. The standard InChI is InChI=1S/C19H26N4OS/c1-2-25-13-8-18(24)22-11-5-6-16(14-22)19-21-10-12-23(19)15-17-7-3-4-9-20-17/h3-4,7,9-10,12,16H,2,5-6,8,11,13-15H2,1H3. The van der Waals surface area contributed by atoms with Gasteiger partial charge in [0.2, 0.25) is 5.91 Å². The van der Waals surface area contributed by atoms with Crippen molar-refractivity contribution >= 4 is 17.7 Å². The van der Waals surface area contributed by atoms with Crippen molar-refractivity contribution in [3.05, 3.63) is 48.3 Å². The van der Waals surface area contributed by atoms with Gasteiger partial charge < -0.3 is 9.47 Å². The Morgan fingerprint density at radius 3 is 3.04 bits per heavy atom. The summed E-state index contributed by atoms with van der Waals surface area (Å²) in [4.78, 5) is 23.5. The van der Waals surface area contributed by atoms with Crippen molar-refractivity contribution in [1.29, 1.82) is 0 Å². The van der Waals surface area contributed by atoms with Crippen molar-refractivity contribution in [2.75, 3.05) is 24.6 Å². The van der Waals surface area contributed by atoms with Crippen LogP contribution in [0.15, 0.2) is 36.8 Å². The number of amides is 1. The van der Waals surface area contributed by atoms with E-state index in [1.807, 2.05) is 53.5 Å². The van der Waals surface area contributed by atoms with Crippen LogP contribution < -0.4 is 0 Å². The van der Waals surface area contributed by atoms with Gasteiger partial charge in [-0.3, -0.25) is 9.78 Å². The first-order valence-corrected chi connectivity index (χ1v) is 10.2. The lowest BCUT2D eigenvalue weighted by Gasteiger charge is -2.32. The van der Waals surface area contributed by atoms with E-state index in [1.54, 1.807) is 0 Å². The molecule has 1 atom stereocenters. The van der Waals surface area contributed by atoms with Crippen LogP contribution in [0.4, 0.5) is 0 Å². The SMILES string of the molecule is CCSCCC(=O)N1CCCC(c2nccn2Cc2ccccn2)C1. The van der Waals surface area contributed by atoms with Crippen LogP contribution >= 0.6 is 11.8 Å². The monoisotopic (exact) mass is 358 g/mol. The van der Waals surface area contributed by atoms with Crippen molar-refractivity contribution < 1.29 is 4.79 Å². The van der Waals surface area contributed by atoms with Gasteiger partial charge in [-0.25, -0.2) is 4.98 Å². The zero-order valence-electron chi connectivity index (χ0n) is 14.8. The Morgan fingerprint density at radius 2 is 2.24 bits per heavy atom. The Labute approximate surface area is 153 Å². The number of carbonyl (C=O) groups excluding carboxylic acids is 1. The highest BCUT2D eigenvalue weighted by atomic mass is 32.2. The molecule has 5 nitrogen and oxygen atoms in total. The van der Waals surface area contributed by atoms with Gasteiger partial charge in [-0.2, -0.15) is 11.8 Å². The van der Waals surface area contributed by atoms with Crippen molar-refractivity contribution in [2.24, 2.45) is 0 Å². The summed E-state index contributed by atoms with van der Waals surface area (Å²) < 4.78 is 2.17. The molecule has 3 rings (SSSR count). The number of thioether (sulfide) groups is 1. The third kappa shape index (κ3) is 4.84. The zero-order valence-corrected chi connectivity index (χ0v) is 15.6. The number of likely N-dealkylation sites (tertiary alicyclic amines) is 1. The molecule has 1 aliphatic heterocycles. The highest BCUT2D eigenvalue weighted by Crippen LogP contribution is 2.26. The summed E-state index contributed by atoms with van der Waals surface area (Å²) in [6.07, 6.45) is 8.48. The molecule has 6 heteroatoms. The van der Waals surface area contributed by atoms with Crippen LogP contribution in [0.1, 0.15) is 43.6 Å². The van der Waals surface area contributed by atoms with Crippen molar-refractivity contribution in [3.8, 4) is 0 Å². The Bertz CT molecular complexity index is 673. The number of piperidine rings is 1. The lowest BCUT2D eigenvalue weighted by Crippen LogP contribution is -2.40. The first-order valence-electron chi connectivity index (χ1n) is 9.04. The maximum absolute atomic E-state index is 12.4. The molecular weight excluding hydrogens is 332 g/mol. The molecule has 0 aromatic carbocycles. The Balaban J connectivity index is 1.64. The fourth-order valence-corrected chi connectivity index (χ4v) is 3.96. The minimum atomic E-state index is 0.286. The van der Waals surface area contributed by atoms with E-state index in [2.05, 4.69) is 21.5 Å². The number of rotatable bonds is 7. The van der Waals surface area contributed by atoms with E-state index in [0.717, 1.165) is 55.5 Å². The molecule has 1 saturated heterocycles. The molecule has 0 saturated carbocycles. The van der Waals surface area contributed by atoms with Crippen LogP contribution in [0.3, 0.4) is 0 Å². The third-order valence-corrected chi connectivity index (χ3v) is 5.51. The molecule has 1 aliphatic rings. The molecular formula is C19H26N4OS. The van der Waals surface area contributed by atoms with Gasteiger partial charge in [0.15, 0.2) is 0 Å². The predicted molar refractivity (Wildman–Crippen MR) is 102 cm³/mol. The number of hydrogen-bond donors (Lipinski definition) is 0. The van der Waals surface area contributed by atoms with Crippen LogP contribution in [0.5, 0.6) is 0 Å². The third-order valence-electron chi connectivity index (χ3n) is 4.61. The number of pyridine rings is 1. The zero-order chi connectivity index (χ0) is 17.5. The van der Waals surface area contributed by atoms with E-state index in [-0.39, 0.29) is 5.91 Å². The molecule has 0 radical (unpaired) electrons. The molecule has 3 heterocycles. The molecule has 2 aromatic rings. The molecule has 1 amide bonds. The van der Waals surface area contributed by atoms with Crippen LogP contribution in [0, 0.1) is 0 Å². The van der Waals surface area contributed by atoms with Gasteiger partial charge in [0, 0.05) is 49.8 Å². The van der Waals surface area contributed by atoms with E-state index in [4.69, 9.17) is 0 Å². The summed E-state index contributed by atoms with van der Waals surface area (Å²) in [6, 6.07) is 5.97. The van der Waals surface area contributed by atoms with E-state index >= 15 is 0 Å². The van der Waals surface area contributed by atoms with Crippen molar-refractivity contribution in [2.45, 2.75) is 38.6 Å². The maximum Gasteiger partial charge on any atom is 0.223 e. The summed E-state index contributed by atoms with van der Waals surface area (Å²) in [5, 5.41) is 0. The second kappa shape index (κ2) is 9.04. The smallest absolute Gasteiger partial charge is 0.223 e. The van der Waals surface area contributed by atoms with Gasteiger partial charge in [0.25, 0.3) is 0 Å². The minimum Gasteiger partial charge on any atom is -0.342 e. The van der Waals surface area contributed by atoms with Crippen molar-refractivity contribution in [1.82, 2.24) is 19.4 Å². The molecule has 0 N–H and O–H groups in total. The van der Waals surface area contributed by atoms with E-state index < -0.39 is 0 Å². The highest BCUT2D eigenvalue weighted by Gasteiger charge is 2.27. The van der Waals surface area contributed by atoms with E-state index in [0.29, 0.717) is 12.3 Å². The number of hydrogen-bond acceptors (Lipinski definition) is 4. The molecule has 134 valence electrons. The summed E-state index contributed by atoms with van der Waals surface area (Å²) in [5.41, 5.74) is 1.03. The van der Waals surface area contributed by atoms with Crippen molar-refractivity contribution in [3.63, 3.8) is 0 Å². The number of carbonyl (C=O) groups is 1. The Hall–Kier alpha value is -1.82. The maximum atomic E-state index is 12.4. The second-order valence-electron chi connectivity index (χ2n) is 6.36. The second-order valence-corrected chi connectivity index (χ2v) is 7.75. The Kier molecular flexibility index (Phi) is 6.50. The van der Waals surface area contributed by atoms with Gasteiger partial charge in [-0.1, -0.05) is 13.0 Å². The van der Waals surface area contributed by atoms with Crippen LogP contribution in [0.25, 0.3) is 0 Å². The normalized spacial score (nSPS) is 17.6. The molecule has 0 bridgehead atoms. The Morgan fingerprint density at radius 1 is 1.32 bits per heavy atom. The number of aromatic nitrogens is 3. The van der Waals surface area contributed by atoms with Gasteiger partial charge >= 0.3 is 0 Å². The fraction of sp³-hybridized carbons (Fsp3) is 0.526. The largest absolute Gasteiger partial charge is 0.342 e. The fourth-order valence-electron chi connectivity index (χ4n) is 3.36. The summed E-state index contributed by atoms with van der Waals surface area (Å²) in [7, 11) is 0. The van der Waals surface area contributed by atoms with Crippen LogP contribution in [-0.4, -0.2) is 49.9 Å². The van der Waals surface area contributed by atoms with Crippen LogP contribution in [-0.2, 0) is 11.3 Å². The highest BCUT2D eigenvalue weighted by molar-refractivity contribution is 7.99. The molecule has 25 heavy (non-hydrogen) atoms. The molecule has 0 spiro atoms. The summed E-state index contributed by atoms with van der Waals surface area (Å²) >= 11 is 1.83. The van der Waals surface area contributed by atoms with Gasteiger partial charge in [0.05, 0.1) is 12.2 Å². The summed E-state index contributed by atoms with van der Waals surface area (Å²) in [6.45, 7) is 4.53. The first-order chi connectivity index (χ1) is 12.3. The summed E-state index contributed by atoms with van der Waals surface area (Å²) in [5.74, 6) is 3.67. The topological polar surface area (TPSA) is 51.0 Å². The predicted octanol–water partition coefficient (Wildman–Crippen LogP) is 3.18. The molecule has 2 aromatic heterocycles. The van der Waals surface area contributed by atoms with Gasteiger partial charge in [0.1, 0.15) is 5.82 Å². The first kappa shape index (κ1) is 18.0. The minimum absolute atomic E-state index is 0.286. The quantitative estimate of drug-likeness (QED) is 0.714. The molecule has 0 aliphatic carbocycles. The van der Waals surface area contributed by atoms with Gasteiger partial charge in [-0.15, -0.1) is 0 Å². The lowest BCUT2D eigenvalue weighted by atomic mass is 9.97. The molecule has 1 unspecified atom stereocenters. The molecule has 1 fully saturated rings. The van der Waals surface area contributed by atoms with Gasteiger partial charge in [-0.05, 0) is 30.7 Å². The number of imidazole rings is 1. The number of nitrogens with zero attached hydrogens (tertiary/aromatic N) is 4. The van der Waals surface area contributed by atoms with E-state index in [9.17, 15) is 4.79 Å². The van der Waals surface area contributed by atoms with E-state index in [1.165, 1.54) is 0 Å². The average molecular weight is 359 g/mol. The average Bonchev–Trinajstić information content (AvgIpc) is 3.11.